The molecule has 0 aliphatic heterocycles. The molecule has 0 radical (unpaired) electrons. The van der Waals surface area contributed by atoms with Crippen LogP contribution < -0.4 is 4.74 Å². The Labute approximate surface area is 85.7 Å². The summed E-state index contributed by atoms with van der Waals surface area (Å²) < 4.78 is 5.73. The highest BCUT2D eigenvalue weighted by Gasteiger charge is 2.01. The molecule has 0 aliphatic carbocycles. The van der Waals surface area contributed by atoms with Crippen LogP contribution in [0.3, 0.4) is 0 Å². The van der Waals surface area contributed by atoms with Crippen LogP contribution >= 0.6 is 22.6 Å². The Hall–Kier alpha value is -0.450. The lowest BCUT2D eigenvalue weighted by molar-refractivity contribution is 0.366. The highest BCUT2D eigenvalue weighted by atomic mass is 127. The molecule has 12 heavy (non-hydrogen) atoms. The fraction of sp³-hybridized carbons (Fsp3) is 0.333. The van der Waals surface area contributed by atoms with E-state index in [0.29, 0.717) is 10.4 Å². The summed E-state index contributed by atoms with van der Waals surface area (Å²) in [5, 5.41) is 9.43. The zero-order valence-electron chi connectivity index (χ0n) is 6.88. The molecular weight excluding hydrogens is 267 g/mol. The van der Waals surface area contributed by atoms with Crippen LogP contribution in [0.1, 0.15) is 12.5 Å². The van der Waals surface area contributed by atoms with E-state index in [4.69, 9.17) is 4.74 Å². The van der Waals surface area contributed by atoms with Crippen molar-refractivity contribution < 1.29 is 9.84 Å². The Balaban J connectivity index is 2.87. The fourth-order valence-corrected chi connectivity index (χ4v) is 1.30. The van der Waals surface area contributed by atoms with Gasteiger partial charge in [0.2, 0.25) is 0 Å². The van der Waals surface area contributed by atoms with Crippen molar-refractivity contribution in [2.24, 2.45) is 0 Å². The molecule has 0 amide bonds. The van der Waals surface area contributed by atoms with Gasteiger partial charge in [-0.3, -0.25) is 0 Å². The first-order valence-corrected chi connectivity index (χ1v) is 5.31. The van der Waals surface area contributed by atoms with Crippen molar-refractivity contribution in [3.8, 4) is 11.5 Å². The summed E-state index contributed by atoms with van der Waals surface area (Å²) in [6.07, 6.45) is 0.929. The number of halogens is 1. The number of alkyl halides is 1. The summed E-state index contributed by atoms with van der Waals surface area (Å²) in [6, 6.07) is 5.50. The average molecular weight is 278 g/mol. The number of benzene rings is 1. The SMILES string of the molecule is CCc1ccc(OCI)c(O)c1. The van der Waals surface area contributed by atoms with Crippen LogP contribution in [0, 0.1) is 0 Å². The van der Waals surface area contributed by atoms with E-state index in [1.165, 1.54) is 0 Å². The van der Waals surface area contributed by atoms with Crippen LogP contribution in [0.15, 0.2) is 18.2 Å². The molecule has 66 valence electrons. The molecule has 1 aromatic rings. The number of aryl methyl sites for hydroxylation is 1. The highest BCUT2D eigenvalue weighted by Crippen LogP contribution is 2.27. The number of rotatable bonds is 3. The molecule has 0 aromatic heterocycles. The standard InChI is InChI=1S/C9H11IO2/c1-2-7-3-4-9(12-6-10)8(11)5-7/h3-5,11H,2,6H2,1H3. The van der Waals surface area contributed by atoms with Gasteiger partial charge >= 0.3 is 0 Å². The maximum Gasteiger partial charge on any atom is 0.162 e. The van der Waals surface area contributed by atoms with Crippen molar-refractivity contribution in [2.45, 2.75) is 13.3 Å². The quantitative estimate of drug-likeness (QED) is 0.680. The van der Waals surface area contributed by atoms with Gasteiger partial charge in [0.25, 0.3) is 0 Å². The summed E-state index contributed by atoms with van der Waals surface area (Å²) >= 11 is 2.09. The molecule has 1 N–H and O–H groups in total. The molecule has 0 unspecified atom stereocenters. The molecule has 0 aliphatic rings. The van der Waals surface area contributed by atoms with E-state index in [1.54, 1.807) is 12.1 Å². The van der Waals surface area contributed by atoms with Crippen LogP contribution in [0.5, 0.6) is 11.5 Å². The van der Waals surface area contributed by atoms with E-state index in [2.05, 4.69) is 22.6 Å². The third-order valence-corrected chi connectivity index (χ3v) is 1.95. The summed E-state index contributed by atoms with van der Waals surface area (Å²) in [5.41, 5.74) is 1.12. The van der Waals surface area contributed by atoms with Gasteiger partial charge in [-0.1, -0.05) is 13.0 Å². The molecule has 0 saturated carbocycles. The van der Waals surface area contributed by atoms with Crippen LogP contribution in [-0.4, -0.2) is 9.72 Å². The lowest BCUT2D eigenvalue weighted by Gasteiger charge is -2.05. The van der Waals surface area contributed by atoms with E-state index in [9.17, 15) is 5.11 Å². The van der Waals surface area contributed by atoms with Crippen LogP contribution in [0.2, 0.25) is 0 Å². The predicted octanol–water partition coefficient (Wildman–Crippen LogP) is 2.73. The number of hydrogen-bond donors (Lipinski definition) is 1. The number of hydrogen-bond acceptors (Lipinski definition) is 2. The Kier molecular flexibility index (Phi) is 3.65. The minimum absolute atomic E-state index is 0.228. The van der Waals surface area contributed by atoms with Gasteiger partial charge in [0.15, 0.2) is 11.5 Å². The van der Waals surface area contributed by atoms with Gasteiger partial charge in [0, 0.05) is 0 Å². The summed E-state index contributed by atoms with van der Waals surface area (Å²) in [5.74, 6) is 0.785. The van der Waals surface area contributed by atoms with E-state index in [0.717, 1.165) is 12.0 Å². The van der Waals surface area contributed by atoms with Crippen LogP contribution in [0.4, 0.5) is 0 Å². The van der Waals surface area contributed by atoms with Gasteiger partial charge in [-0.15, -0.1) is 0 Å². The number of phenols is 1. The largest absolute Gasteiger partial charge is 0.504 e. The van der Waals surface area contributed by atoms with Crippen LogP contribution in [0.25, 0.3) is 0 Å². The third-order valence-electron chi connectivity index (χ3n) is 1.64. The topological polar surface area (TPSA) is 29.5 Å². The van der Waals surface area contributed by atoms with Gasteiger partial charge in [-0.25, -0.2) is 0 Å². The Morgan fingerprint density at radius 2 is 2.25 bits per heavy atom. The summed E-state index contributed by atoms with van der Waals surface area (Å²) in [6.45, 7) is 2.05. The predicted molar refractivity (Wildman–Crippen MR) is 57.0 cm³/mol. The number of ether oxygens (including phenoxy) is 1. The third kappa shape index (κ3) is 2.27. The second-order valence-electron chi connectivity index (χ2n) is 2.41. The Morgan fingerprint density at radius 1 is 1.50 bits per heavy atom. The zero-order chi connectivity index (χ0) is 8.97. The smallest absolute Gasteiger partial charge is 0.162 e. The molecular formula is C9H11IO2. The van der Waals surface area contributed by atoms with Crippen molar-refractivity contribution in [1.82, 2.24) is 0 Å². The van der Waals surface area contributed by atoms with Gasteiger partial charge in [0.05, 0.1) is 0 Å². The molecule has 2 nitrogen and oxygen atoms in total. The Morgan fingerprint density at radius 3 is 2.75 bits per heavy atom. The second-order valence-corrected chi connectivity index (χ2v) is 3.03. The van der Waals surface area contributed by atoms with Gasteiger partial charge < -0.3 is 9.84 Å². The minimum atomic E-state index is 0.228. The average Bonchev–Trinajstić information content (AvgIpc) is 2.09. The van der Waals surface area contributed by atoms with Crippen LogP contribution in [-0.2, 0) is 6.42 Å². The summed E-state index contributed by atoms with van der Waals surface area (Å²) in [4.78, 5) is 0. The number of aromatic hydroxyl groups is 1. The van der Waals surface area contributed by atoms with E-state index in [-0.39, 0.29) is 5.75 Å². The van der Waals surface area contributed by atoms with Crippen molar-refractivity contribution in [1.29, 1.82) is 0 Å². The summed E-state index contributed by atoms with van der Waals surface area (Å²) in [7, 11) is 0. The molecule has 0 atom stereocenters. The maximum atomic E-state index is 9.43. The molecule has 3 heteroatoms. The van der Waals surface area contributed by atoms with Crippen molar-refractivity contribution in [2.75, 3.05) is 4.61 Å². The highest BCUT2D eigenvalue weighted by molar-refractivity contribution is 14.1. The van der Waals surface area contributed by atoms with E-state index < -0.39 is 0 Å². The van der Waals surface area contributed by atoms with Crippen molar-refractivity contribution in [3.63, 3.8) is 0 Å². The van der Waals surface area contributed by atoms with E-state index >= 15 is 0 Å². The second kappa shape index (κ2) is 4.54. The Bertz CT molecular complexity index is 261. The van der Waals surface area contributed by atoms with Gasteiger partial charge in [-0.2, -0.15) is 0 Å². The zero-order valence-corrected chi connectivity index (χ0v) is 9.04. The van der Waals surface area contributed by atoms with Gasteiger partial charge in [0.1, 0.15) is 4.61 Å². The van der Waals surface area contributed by atoms with Gasteiger partial charge in [-0.05, 0) is 46.7 Å². The molecule has 0 fully saturated rings. The number of phenolic OH excluding ortho intramolecular Hbond substituents is 1. The molecule has 0 bridgehead atoms. The maximum absolute atomic E-state index is 9.43. The van der Waals surface area contributed by atoms with Crippen molar-refractivity contribution in [3.05, 3.63) is 23.8 Å². The first kappa shape index (κ1) is 9.64. The lowest BCUT2D eigenvalue weighted by atomic mass is 10.1. The van der Waals surface area contributed by atoms with Crippen molar-refractivity contribution >= 4 is 22.6 Å². The molecule has 0 heterocycles. The monoisotopic (exact) mass is 278 g/mol. The lowest BCUT2D eigenvalue weighted by Crippen LogP contribution is -1.89. The first-order valence-electron chi connectivity index (χ1n) is 3.78. The molecule has 0 saturated heterocycles. The molecule has 1 aromatic carbocycles. The molecule has 0 spiro atoms. The first-order chi connectivity index (χ1) is 5.77. The fourth-order valence-electron chi connectivity index (χ4n) is 0.964. The minimum Gasteiger partial charge on any atom is -0.504 e. The van der Waals surface area contributed by atoms with E-state index in [1.807, 2.05) is 13.0 Å². The molecule has 1 rings (SSSR count). The normalized spacial score (nSPS) is 9.83.